The minimum Gasteiger partial charge on any atom is -0.493 e. The summed E-state index contributed by atoms with van der Waals surface area (Å²) in [6, 6.07) is 5.61. The van der Waals surface area contributed by atoms with Crippen LogP contribution >= 0.6 is 11.3 Å². The van der Waals surface area contributed by atoms with Crippen LogP contribution in [0.2, 0.25) is 0 Å². The number of aromatic nitrogens is 4. The Balaban J connectivity index is 1.72. The Hall–Kier alpha value is -2.74. The monoisotopic (exact) mass is 343 g/mol. The Kier molecular flexibility index (Phi) is 5.17. The van der Waals surface area contributed by atoms with Crippen molar-refractivity contribution >= 4 is 17.3 Å². The zero-order chi connectivity index (χ0) is 16.8. The maximum absolute atomic E-state index is 5.32. The Morgan fingerprint density at radius 2 is 2.04 bits per heavy atom. The van der Waals surface area contributed by atoms with Gasteiger partial charge in [-0.1, -0.05) is 0 Å². The second-order valence-corrected chi connectivity index (χ2v) is 5.61. The average molecular weight is 343 g/mol. The molecule has 7 nitrogen and oxygen atoms in total. The fourth-order valence-corrected chi connectivity index (χ4v) is 2.77. The van der Waals surface area contributed by atoms with Crippen molar-refractivity contribution in [3.8, 4) is 22.8 Å². The van der Waals surface area contributed by atoms with E-state index in [9.17, 15) is 0 Å². The van der Waals surface area contributed by atoms with Gasteiger partial charge < -0.3 is 14.8 Å². The summed E-state index contributed by atoms with van der Waals surface area (Å²) < 4.78 is 10.6. The summed E-state index contributed by atoms with van der Waals surface area (Å²) in [5, 5.41) is 13.2. The summed E-state index contributed by atoms with van der Waals surface area (Å²) in [6.45, 7) is 0.695. The van der Waals surface area contributed by atoms with Gasteiger partial charge in [-0.05, 0) is 18.2 Å². The Labute approximate surface area is 143 Å². The topological polar surface area (TPSA) is 82.1 Å². The summed E-state index contributed by atoms with van der Waals surface area (Å²) >= 11 is 1.59. The van der Waals surface area contributed by atoms with Crippen molar-refractivity contribution < 1.29 is 9.47 Å². The molecule has 1 aromatic carbocycles. The number of ether oxygens (including phenoxy) is 2. The fourth-order valence-electron chi connectivity index (χ4n) is 2.18. The van der Waals surface area contributed by atoms with Crippen molar-refractivity contribution in [1.82, 2.24) is 20.2 Å². The van der Waals surface area contributed by atoms with E-state index in [1.165, 1.54) is 0 Å². The van der Waals surface area contributed by atoms with E-state index < -0.39 is 0 Å². The molecule has 8 heteroatoms. The molecule has 0 aliphatic rings. The lowest BCUT2D eigenvalue weighted by atomic mass is 10.1. The van der Waals surface area contributed by atoms with Crippen LogP contribution in [0.5, 0.6) is 11.5 Å². The number of benzene rings is 1. The van der Waals surface area contributed by atoms with Crippen molar-refractivity contribution in [2.45, 2.75) is 6.42 Å². The SMILES string of the molecule is COc1ccc(-c2cnnc(NCCc3cscn3)n2)cc1OC. The number of nitrogens with zero attached hydrogens (tertiary/aromatic N) is 4. The summed E-state index contributed by atoms with van der Waals surface area (Å²) in [6.07, 6.45) is 2.43. The predicted molar refractivity (Wildman–Crippen MR) is 92.7 cm³/mol. The second-order valence-electron chi connectivity index (χ2n) is 4.89. The van der Waals surface area contributed by atoms with Gasteiger partial charge in [0.25, 0.3) is 0 Å². The van der Waals surface area contributed by atoms with Crippen molar-refractivity contribution in [2.75, 3.05) is 26.1 Å². The van der Waals surface area contributed by atoms with Crippen LogP contribution in [0.1, 0.15) is 5.69 Å². The van der Waals surface area contributed by atoms with Gasteiger partial charge in [0.1, 0.15) is 0 Å². The molecule has 0 aliphatic carbocycles. The predicted octanol–water partition coefficient (Wildman–Crippen LogP) is 2.67. The lowest BCUT2D eigenvalue weighted by Gasteiger charge is -2.09. The van der Waals surface area contributed by atoms with Crippen LogP contribution < -0.4 is 14.8 Å². The zero-order valence-corrected chi connectivity index (χ0v) is 14.2. The van der Waals surface area contributed by atoms with Crippen molar-refractivity contribution in [1.29, 1.82) is 0 Å². The smallest absolute Gasteiger partial charge is 0.243 e. The molecular formula is C16H17N5O2S. The van der Waals surface area contributed by atoms with Gasteiger partial charge in [0, 0.05) is 23.9 Å². The Morgan fingerprint density at radius 3 is 2.79 bits per heavy atom. The van der Waals surface area contributed by atoms with E-state index in [2.05, 4.69) is 25.5 Å². The fraction of sp³-hybridized carbons (Fsp3) is 0.250. The van der Waals surface area contributed by atoms with Gasteiger partial charge >= 0.3 is 0 Å². The van der Waals surface area contributed by atoms with Gasteiger partial charge in [-0.25, -0.2) is 9.97 Å². The van der Waals surface area contributed by atoms with Crippen LogP contribution in [0.3, 0.4) is 0 Å². The highest BCUT2D eigenvalue weighted by molar-refractivity contribution is 7.07. The summed E-state index contributed by atoms with van der Waals surface area (Å²) in [4.78, 5) is 8.74. The molecule has 1 N–H and O–H groups in total. The molecule has 0 saturated heterocycles. The lowest BCUT2D eigenvalue weighted by molar-refractivity contribution is 0.355. The highest BCUT2D eigenvalue weighted by atomic mass is 32.1. The molecule has 2 aromatic heterocycles. The number of hydrogen-bond donors (Lipinski definition) is 1. The lowest BCUT2D eigenvalue weighted by Crippen LogP contribution is -2.09. The standard InChI is InChI=1S/C16H17N5O2S/c1-22-14-4-3-11(7-15(14)23-2)13-8-19-21-16(20-13)17-6-5-12-9-24-10-18-12/h3-4,7-10H,5-6H2,1-2H3,(H,17,20,21). The quantitative estimate of drug-likeness (QED) is 0.706. The van der Waals surface area contributed by atoms with Gasteiger partial charge in [0.05, 0.1) is 37.3 Å². The zero-order valence-electron chi connectivity index (χ0n) is 13.4. The van der Waals surface area contributed by atoms with Gasteiger partial charge in [-0.15, -0.1) is 16.4 Å². The van der Waals surface area contributed by atoms with E-state index >= 15 is 0 Å². The first-order chi connectivity index (χ1) is 11.8. The molecule has 3 aromatic rings. The number of anilines is 1. The second kappa shape index (κ2) is 7.69. The minimum atomic E-state index is 0.484. The van der Waals surface area contributed by atoms with Crippen LogP contribution in [-0.4, -0.2) is 40.9 Å². The van der Waals surface area contributed by atoms with Crippen LogP contribution in [0.25, 0.3) is 11.3 Å². The van der Waals surface area contributed by atoms with Crippen LogP contribution in [0.15, 0.2) is 35.3 Å². The van der Waals surface area contributed by atoms with E-state index in [1.807, 2.05) is 29.1 Å². The van der Waals surface area contributed by atoms with Crippen molar-refractivity contribution in [3.05, 3.63) is 41.0 Å². The molecule has 0 aliphatic heterocycles. The molecule has 0 saturated carbocycles. The van der Waals surface area contributed by atoms with Gasteiger partial charge in [0.15, 0.2) is 11.5 Å². The Bertz CT molecular complexity index is 795. The number of rotatable bonds is 7. The largest absolute Gasteiger partial charge is 0.493 e. The third-order valence-corrected chi connectivity index (χ3v) is 4.02. The molecule has 0 radical (unpaired) electrons. The van der Waals surface area contributed by atoms with E-state index in [-0.39, 0.29) is 0 Å². The Morgan fingerprint density at radius 1 is 1.17 bits per heavy atom. The molecule has 24 heavy (non-hydrogen) atoms. The number of methoxy groups -OCH3 is 2. The molecule has 0 atom stereocenters. The molecular weight excluding hydrogens is 326 g/mol. The first kappa shape index (κ1) is 16.1. The number of nitrogens with one attached hydrogen (secondary N) is 1. The summed E-state index contributed by atoms with van der Waals surface area (Å²) in [5.41, 5.74) is 4.47. The van der Waals surface area contributed by atoms with E-state index in [0.717, 1.165) is 17.7 Å². The maximum Gasteiger partial charge on any atom is 0.243 e. The normalized spacial score (nSPS) is 10.4. The highest BCUT2D eigenvalue weighted by Crippen LogP contribution is 2.31. The molecule has 3 rings (SSSR count). The molecule has 0 unspecified atom stereocenters. The molecule has 2 heterocycles. The third kappa shape index (κ3) is 3.77. The molecule has 124 valence electrons. The molecule has 0 fully saturated rings. The first-order valence-corrected chi connectivity index (χ1v) is 8.27. The first-order valence-electron chi connectivity index (χ1n) is 7.33. The van der Waals surface area contributed by atoms with Crippen LogP contribution in [-0.2, 0) is 6.42 Å². The van der Waals surface area contributed by atoms with Crippen molar-refractivity contribution in [2.24, 2.45) is 0 Å². The maximum atomic E-state index is 5.32. The minimum absolute atomic E-state index is 0.484. The average Bonchev–Trinajstić information content (AvgIpc) is 3.15. The number of thiazole rings is 1. The summed E-state index contributed by atoms with van der Waals surface area (Å²) in [5.74, 6) is 1.80. The van der Waals surface area contributed by atoms with Crippen LogP contribution in [0, 0.1) is 0 Å². The van der Waals surface area contributed by atoms with E-state index in [1.54, 1.807) is 31.8 Å². The van der Waals surface area contributed by atoms with E-state index in [0.29, 0.717) is 29.7 Å². The van der Waals surface area contributed by atoms with Crippen LogP contribution in [0.4, 0.5) is 5.95 Å². The van der Waals surface area contributed by atoms with Crippen molar-refractivity contribution in [3.63, 3.8) is 0 Å². The highest BCUT2D eigenvalue weighted by Gasteiger charge is 2.09. The molecule has 0 bridgehead atoms. The van der Waals surface area contributed by atoms with Gasteiger partial charge in [0.2, 0.25) is 5.95 Å². The molecule has 0 spiro atoms. The molecule has 0 amide bonds. The third-order valence-electron chi connectivity index (χ3n) is 3.39. The van der Waals surface area contributed by atoms with Gasteiger partial charge in [-0.3, -0.25) is 0 Å². The van der Waals surface area contributed by atoms with E-state index in [4.69, 9.17) is 9.47 Å². The number of hydrogen-bond acceptors (Lipinski definition) is 8. The summed E-state index contributed by atoms with van der Waals surface area (Å²) in [7, 11) is 3.21. The van der Waals surface area contributed by atoms with Gasteiger partial charge in [-0.2, -0.15) is 5.10 Å².